The van der Waals surface area contributed by atoms with Crippen molar-refractivity contribution >= 4 is 11.8 Å². The Morgan fingerprint density at radius 2 is 1.68 bits per heavy atom. The molecule has 0 aliphatic rings. The lowest BCUT2D eigenvalue weighted by Gasteiger charge is -2.31. The third kappa shape index (κ3) is 7.42. The molecule has 0 radical (unpaired) electrons. The molecule has 0 saturated heterocycles. The number of nitrogens with zero attached hydrogens (tertiary/aromatic N) is 1. The normalized spacial score (nSPS) is 11.8. The van der Waals surface area contributed by atoms with Crippen LogP contribution in [0.3, 0.4) is 0 Å². The van der Waals surface area contributed by atoms with Crippen LogP contribution in [-0.4, -0.2) is 35.9 Å². The van der Waals surface area contributed by atoms with E-state index in [-0.39, 0.29) is 18.4 Å². The standard InChI is InChI=1S/C26H36N2O3/c1-7-24(26(30)27-15-18(2)3)28(16-22-11-8-19(4)9-12-22)25(29)17-31-23-13-10-20(5)21(6)14-23/h8-14,18,24H,7,15-17H2,1-6H3,(H,27,30)/t24-/m0/s1. The van der Waals surface area contributed by atoms with E-state index < -0.39 is 6.04 Å². The Balaban J connectivity index is 2.19. The minimum atomic E-state index is -0.545. The van der Waals surface area contributed by atoms with E-state index in [0.29, 0.717) is 31.2 Å². The van der Waals surface area contributed by atoms with Gasteiger partial charge < -0.3 is 15.0 Å². The van der Waals surface area contributed by atoms with Gasteiger partial charge in [-0.1, -0.05) is 56.7 Å². The number of carbonyl (C=O) groups excluding carboxylic acids is 2. The molecule has 2 aromatic rings. The maximum atomic E-state index is 13.2. The number of benzene rings is 2. The van der Waals surface area contributed by atoms with Gasteiger partial charge in [-0.05, 0) is 61.9 Å². The lowest BCUT2D eigenvalue weighted by molar-refractivity contribution is -0.143. The maximum absolute atomic E-state index is 13.2. The maximum Gasteiger partial charge on any atom is 0.261 e. The fourth-order valence-electron chi connectivity index (χ4n) is 3.26. The molecule has 0 unspecified atom stereocenters. The Hall–Kier alpha value is -2.82. The summed E-state index contributed by atoms with van der Waals surface area (Å²) in [6.45, 7) is 12.9. The summed E-state index contributed by atoms with van der Waals surface area (Å²) in [5, 5.41) is 2.98. The molecule has 0 aliphatic carbocycles. The second kappa shape index (κ2) is 11.5. The molecule has 2 amide bonds. The Bertz CT molecular complexity index is 875. The molecule has 0 bridgehead atoms. The van der Waals surface area contributed by atoms with Crippen LogP contribution in [-0.2, 0) is 16.1 Å². The van der Waals surface area contributed by atoms with E-state index in [1.165, 1.54) is 5.56 Å². The third-order valence-corrected chi connectivity index (χ3v) is 5.38. The zero-order chi connectivity index (χ0) is 23.0. The molecule has 31 heavy (non-hydrogen) atoms. The van der Waals surface area contributed by atoms with Crippen molar-refractivity contribution < 1.29 is 14.3 Å². The minimum absolute atomic E-state index is 0.109. The molecular formula is C26H36N2O3. The highest BCUT2D eigenvalue weighted by molar-refractivity contribution is 5.88. The topological polar surface area (TPSA) is 58.6 Å². The van der Waals surface area contributed by atoms with Crippen LogP contribution in [0.1, 0.15) is 49.4 Å². The number of amides is 2. The average molecular weight is 425 g/mol. The summed E-state index contributed by atoms with van der Waals surface area (Å²) in [7, 11) is 0. The first-order valence-corrected chi connectivity index (χ1v) is 11.0. The van der Waals surface area contributed by atoms with E-state index in [2.05, 4.69) is 5.32 Å². The Morgan fingerprint density at radius 3 is 2.26 bits per heavy atom. The van der Waals surface area contributed by atoms with Crippen LogP contribution < -0.4 is 10.1 Å². The van der Waals surface area contributed by atoms with Crippen molar-refractivity contribution in [3.8, 4) is 5.75 Å². The summed E-state index contributed by atoms with van der Waals surface area (Å²) in [5.74, 6) is 0.674. The van der Waals surface area contributed by atoms with Crippen LogP contribution in [0.2, 0.25) is 0 Å². The number of hydrogen-bond donors (Lipinski definition) is 1. The van der Waals surface area contributed by atoms with Gasteiger partial charge in [-0.3, -0.25) is 9.59 Å². The van der Waals surface area contributed by atoms with E-state index in [0.717, 1.165) is 16.7 Å². The SMILES string of the molecule is CC[C@@H](C(=O)NCC(C)C)N(Cc1ccc(C)cc1)C(=O)COc1ccc(C)c(C)c1. The molecule has 0 aromatic heterocycles. The Kier molecular flexibility index (Phi) is 9.10. The molecule has 2 rings (SSSR count). The molecule has 5 heteroatoms. The van der Waals surface area contributed by atoms with Gasteiger partial charge >= 0.3 is 0 Å². The number of ether oxygens (including phenoxy) is 1. The second-order valence-electron chi connectivity index (χ2n) is 8.61. The number of hydrogen-bond acceptors (Lipinski definition) is 3. The highest BCUT2D eigenvalue weighted by Crippen LogP contribution is 2.18. The van der Waals surface area contributed by atoms with Crippen LogP contribution in [0, 0.1) is 26.7 Å². The van der Waals surface area contributed by atoms with Gasteiger partial charge in [0.1, 0.15) is 11.8 Å². The first kappa shape index (κ1) is 24.4. The molecular weight excluding hydrogens is 388 g/mol. The zero-order valence-corrected chi connectivity index (χ0v) is 19.7. The summed E-state index contributed by atoms with van der Waals surface area (Å²) >= 11 is 0. The van der Waals surface area contributed by atoms with Gasteiger partial charge in [-0.2, -0.15) is 0 Å². The fourth-order valence-corrected chi connectivity index (χ4v) is 3.26. The predicted octanol–water partition coefficient (Wildman–Crippen LogP) is 4.57. The molecule has 1 atom stereocenters. The van der Waals surface area contributed by atoms with Crippen LogP contribution in [0.4, 0.5) is 0 Å². The molecule has 1 N–H and O–H groups in total. The van der Waals surface area contributed by atoms with Crippen molar-refractivity contribution in [2.24, 2.45) is 5.92 Å². The highest BCUT2D eigenvalue weighted by atomic mass is 16.5. The van der Waals surface area contributed by atoms with E-state index in [9.17, 15) is 9.59 Å². The first-order valence-electron chi connectivity index (χ1n) is 11.0. The van der Waals surface area contributed by atoms with Crippen LogP contribution in [0.15, 0.2) is 42.5 Å². The summed E-state index contributed by atoms with van der Waals surface area (Å²) in [6, 6.07) is 13.3. The van der Waals surface area contributed by atoms with Crippen molar-refractivity contribution in [1.82, 2.24) is 10.2 Å². The van der Waals surface area contributed by atoms with Crippen LogP contribution >= 0.6 is 0 Å². The van der Waals surface area contributed by atoms with Gasteiger partial charge in [0.15, 0.2) is 6.61 Å². The molecule has 2 aromatic carbocycles. The van der Waals surface area contributed by atoms with Crippen molar-refractivity contribution in [2.45, 2.75) is 60.5 Å². The lowest BCUT2D eigenvalue weighted by Crippen LogP contribution is -2.50. The first-order chi connectivity index (χ1) is 14.7. The molecule has 0 heterocycles. The number of carbonyl (C=O) groups is 2. The van der Waals surface area contributed by atoms with E-state index >= 15 is 0 Å². The van der Waals surface area contributed by atoms with Crippen LogP contribution in [0.25, 0.3) is 0 Å². The number of aryl methyl sites for hydroxylation is 3. The summed E-state index contributed by atoms with van der Waals surface area (Å²) < 4.78 is 5.79. The average Bonchev–Trinajstić information content (AvgIpc) is 2.74. The van der Waals surface area contributed by atoms with Gasteiger partial charge in [-0.25, -0.2) is 0 Å². The van der Waals surface area contributed by atoms with Crippen LogP contribution in [0.5, 0.6) is 5.75 Å². The largest absolute Gasteiger partial charge is 0.484 e. The lowest BCUT2D eigenvalue weighted by atomic mass is 10.1. The number of rotatable bonds is 10. The highest BCUT2D eigenvalue weighted by Gasteiger charge is 2.29. The Labute approximate surface area is 186 Å². The quantitative estimate of drug-likeness (QED) is 0.608. The molecule has 0 aliphatic heterocycles. The third-order valence-electron chi connectivity index (χ3n) is 5.38. The predicted molar refractivity (Wildman–Crippen MR) is 125 cm³/mol. The zero-order valence-electron chi connectivity index (χ0n) is 19.7. The van der Waals surface area contributed by atoms with Gasteiger partial charge in [0, 0.05) is 13.1 Å². The van der Waals surface area contributed by atoms with Gasteiger partial charge in [0.05, 0.1) is 0 Å². The minimum Gasteiger partial charge on any atom is -0.484 e. The second-order valence-corrected chi connectivity index (χ2v) is 8.61. The van der Waals surface area contributed by atoms with E-state index in [4.69, 9.17) is 4.74 Å². The summed E-state index contributed by atoms with van der Waals surface area (Å²) in [5.41, 5.74) is 4.43. The van der Waals surface area contributed by atoms with E-state index in [1.54, 1.807) is 4.90 Å². The molecule has 0 saturated carbocycles. The monoisotopic (exact) mass is 424 g/mol. The van der Waals surface area contributed by atoms with Crippen molar-refractivity contribution in [2.75, 3.05) is 13.2 Å². The molecule has 5 nitrogen and oxygen atoms in total. The van der Waals surface area contributed by atoms with Crippen molar-refractivity contribution in [3.05, 3.63) is 64.7 Å². The molecule has 0 spiro atoms. The van der Waals surface area contributed by atoms with Crippen molar-refractivity contribution in [1.29, 1.82) is 0 Å². The van der Waals surface area contributed by atoms with Crippen molar-refractivity contribution in [3.63, 3.8) is 0 Å². The molecule has 0 fully saturated rings. The molecule has 168 valence electrons. The Morgan fingerprint density at radius 1 is 1.00 bits per heavy atom. The number of nitrogens with one attached hydrogen (secondary N) is 1. The van der Waals surface area contributed by atoms with Gasteiger partial charge in [-0.15, -0.1) is 0 Å². The summed E-state index contributed by atoms with van der Waals surface area (Å²) in [4.78, 5) is 27.7. The van der Waals surface area contributed by atoms with E-state index in [1.807, 2.05) is 84.0 Å². The fraction of sp³-hybridized carbons (Fsp3) is 0.462. The smallest absolute Gasteiger partial charge is 0.261 e. The summed E-state index contributed by atoms with van der Waals surface area (Å²) in [6.07, 6.45) is 0.533. The van der Waals surface area contributed by atoms with Gasteiger partial charge in [0.25, 0.3) is 5.91 Å². The van der Waals surface area contributed by atoms with Gasteiger partial charge in [0.2, 0.25) is 5.91 Å².